The lowest BCUT2D eigenvalue weighted by Gasteiger charge is -2.03. The van der Waals surface area contributed by atoms with Gasteiger partial charge in [0.2, 0.25) is 11.9 Å². The Morgan fingerprint density at radius 3 is 3.05 bits per heavy atom. The van der Waals surface area contributed by atoms with Crippen molar-refractivity contribution in [2.24, 2.45) is 0 Å². The van der Waals surface area contributed by atoms with Crippen LogP contribution in [0.3, 0.4) is 0 Å². The Bertz CT molecular complexity index is 590. The highest BCUT2D eigenvalue weighted by atomic mass is 35.5. The number of H-pyrrole nitrogens is 1. The second kappa shape index (κ2) is 7.16. The fourth-order valence-electron chi connectivity index (χ4n) is 1.37. The number of hydrogen-bond donors (Lipinski definition) is 2. The van der Waals surface area contributed by atoms with Crippen LogP contribution in [-0.2, 0) is 4.79 Å². The minimum absolute atomic E-state index is 0.200. The van der Waals surface area contributed by atoms with Crippen molar-refractivity contribution >= 4 is 35.2 Å². The summed E-state index contributed by atoms with van der Waals surface area (Å²) in [5, 5.41) is 9.59. The number of rotatable bonds is 6. The van der Waals surface area contributed by atoms with E-state index in [0.717, 1.165) is 4.90 Å². The van der Waals surface area contributed by atoms with Crippen molar-refractivity contribution in [1.82, 2.24) is 15.2 Å². The van der Waals surface area contributed by atoms with Gasteiger partial charge in [-0.3, -0.25) is 10.1 Å². The molecule has 1 aromatic carbocycles. The SMILES string of the molecule is CCOc1n[nH]c(NC(=O)CSc2ccccc2Cl)n1. The Labute approximate surface area is 125 Å². The Hall–Kier alpha value is -1.73. The summed E-state index contributed by atoms with van der Waals surface area (Å²) in [4.78, 5) is 16.6. The third kappa shape index (κ3) is 4.14. The van der Waals surface area contributed by atoms with E-state index in [1.807, 2.05) is 25.1 Å². The predicted molar refractivity (Wildman–Crippen MR) is 78.4 cm³/mol. The molecular formula is C12H13ClN4O2S. The first-order valence-electron chi connectivity index (χ1n) is 5.91. The number of ether oxygens (including phenoxy) is 1. The summed E-state index contributed by atoms with van der Waals surface area (Å²) in [5.41, 5.74) is 0. The van der Waals surface area contributed by atoms with Gasteiger partial charge < -0.3 is 4.74 Å². The summed E-state index contributed by atoms with van der Waals surface area (Å²) in [5.74, 6) is 0.293. The van der Waals surface area contributed by atoms with Gasteiger partial charge in [0.1, 0.15) is 0 Å². The van der Waals surface area contributed by atoms with Gasteiger partial charge in [0, 0.05) is 4.90 Å². The predicted octanol–water partition coefficient (Wildman–Crippen LogP) is 2.59. The molecule has 0 spiro atoms. The lowest BCUT2D eigenvalue weighted by Crippen LogP contribution is -2.15. The van der Waals surface area contributed by atoms with Crippen LogP contribution in [0.5, 0.6) is 6.01 Å². The summed E-state index contributed by atoms with van der Waals surface area (Å²) >= 11 is 7.36. The minimum Gasteiger partial charge on any atom is -0.463 e. The molecule has 0 atom stereocenters. The first kappa shape index (κ1) is 14.7. The van der Waals surface area contributed by atoms with Gasteiger partial charge in [-0.25, -0.2) is 5.10 Å². The van der Waals surface area contributed by atoms with Gasteiger partial charge in [0.25, 0.3) is 0 Å². The summed E-state index contributed by atoms with van der Waals surface area (Å²) in [6.45, 7) is 2.29. The maximum absolute atomic E-state index is 11.8. The molecule has 0 radical (unpaired) electrons. The number of aromatic nitrogens is 3. The van der Waals surface area contributed by atoms with Crippen LogP contribution >= 0.6 is 23.4 Å². The molecule has 0 aliphatic rings. The number of halogens is 1. The molecular weight excluding hydrogens is 300 g/mol. The summed E-state index contributed by atoms with van der Waals surface area (Å²) in [7, 11) is 0. The maximum atomic E-state index is 11.8. The molecule has 0 aliphatic carbocycles. The first-order chi connectivity index (χ1) is 9.69. The Morgan fingerprint density at radius 2 is 2.30 bits per heavy atom. The average molecular weight is 313 g/mol. The third-order valence-electron chi connectivity index (χ3n) is 2.19. The van der Waals surface area contributed by atoms with Crippen molar-refractivity contribution in [2.45, 2.75) is 11.8 Å². The number of nitrogens with zero attached hydrogens (tertiary/aromatic N) is 2. The Kier molecular flexibility index (Phi) is 5.25. The summed E-state index contributed by atoms with van der Waals surface area (Å²) < 4.78 is 5.09. The quantitative estimate of drug-likeness (QED) is 0.801. The monoisotopic (exact) mass is 312 g/mol. The molecule has 1 amide bonds. The van der Waals surface area contributed by atoms with Crippen LogP contribution in [0.2, 0.25) is 5.02 Å². The molecule has 0 saturated heterocycles. The molecule has 1 heterocycles. The topological polar surface area (TPSA) is 79.9 Å². The number of thioether (sulfide) groups is 1. The van der Waals surface area contributed by atoms with Gasteiger partial charge >= 0.3 is 6.01 Å². The molecule has 8 heteroatoms. The number of anilines is 1. The standard InChI is InChI=1S/C12H13ClN4O2S/c1-2-19-12-15-11(16-17-12)14-10(18)7-20-9-6-4-3-5-8(9)13/h3-6H,2,7H2,1H3,(H2,14,15,16,17,18). The second-order valence-corrected chi connectivity index (χ2v) is 5.09. The number of carbonyl (C=O) groups is 1. The van der Waals surface area contributed by atoms with E-state index in [1.54, 1.807) is 6.07 Å². The van der Waals surface area contributed by atoms with Gasteiger partial charge in [0.05, 0.1) is 17.4 Å². The minimum atomic E-state index is -0.200. The number of amides is 1. The van der Waals surface area contributed by atoms with E-state index in [4.69, 9.17) is 16.3 Å². The zero-order valence-electron chi connectivity index (χ0n) is 10.7. The molecule has 0 saturated carbocycles. The van der Waals surface area contributed by atoms with E-state index in [0.29, 0.717) is 11.6 Å². The number of hydrogen-bond acceptors (Lipinski definition) is 5. The fraction of sp³-hybridized carbons (Fsp3) is 0.250. The highest BCUT2D eigenvalue weighted by molar-refractivity contribution is 8.00. The lowest BCUT2D eigenvalue weighted by molar-refractivity contribution is -0.113. The number of aromatic amines is 1. The highest BCUT2D eigenvalue weighted by Crippen LogP contribution is 2.26. The molecule has 1 aromatic heterocycles. The van der Waals surface area contributed by atoms with Crippen molar-refractivity contribution in [1.29, 1.82) is 0 Å². The number of benzene rings is 1. The van der Waals surface area contributed by atoms with E-state index in [9.17, 15) is 4.79 Å². The smallest absolute Gasteiger partial charge is 0.337 e. The molecule has 20 heavy (non-hydrogen) atoms. The summed E-state index contributed by atoms with van der Waals surface area (Å²) in [6, 6.07) is 7.57. The van der Waals surface area contributed by atoms with E-state index < -0.39 is 0 Å². The lowest BCUT2D eigenvalue weighted by atomic mass is 10.4. The van der Waals surface area contributed by atoms with Crippen LogP contribution in [0.25, 0.3) is 0 Å². The van der Waals surface area contributed by atoms with E-state index in [1.165, 1.54) is 11.8 Å². The molecule has 2 aromatic rings. The first-order valence-corrected chi connectivity index (χ1v) is 7.27. The van der Waals surface area contributed by atoms with E-state index in [-0.39, 0.29) is 23.6 Å². The highest BCUT2D eigenvalue weighted by Gasteiger charge is 2.09. The number of nitrogens with one attached hydrogen (secondary N) is 2. The van der Waals surface area contributed by atoms with Gasteiger partial charge in [-0.15, -0.1) is 16.9 Å². The molecule has 0 aliphatic heterocycles. The maximum Gasteiger partial charge on any atom is 0.337 e. The molecule has 2 rings (SSSR count). The Morgan fingerprint density at radius 1 is 1.50 bits per heavy atom. The fourth-order valence-corrected chi connectivity index (χ4v) is 2.41. The third-order valence-corrected chi connectivity index (χ3v) is 3.71. The van der Waals surface area contributed by atoms with Crippen molar-refractivity contribution in [3.05, 3.63) is 29.3 Å². The average Bonchev–Trinajstić information content (AvgIpc) is 2.85. The van der Waals surface area contributed by atoms with Crippen LogP contribution in [-0.4, -0.2) is 33.4 Å². The molecule has 6 nitrogen and oxygen atoms in total. The number of carbonyl (C=O) groups excluding carboxylic acids is 1. The van der Waals surface area contributed by atoms with Crippen LogP contribution in [0, 0.1) is 0 Å². The van der Waals surface area contributed by atoms with Gasteiger partial charge in [-0.05, 0) is 19.1 Å². The van der Waals surface area contributed by atoms with Gasteiger partial charge in [0.15, 0.2) is 0 Å². The van der Waals surface area contributed by atoms with E-state index >= 15 is 0 Å². The van der Waals surface area contributed by atoms with Crippen molar-refractivity contribution < 1.29 is 9.53 Å². The second-order valence-electron chi connectivity index (χ2n) is 3.67. The molecule has 0 bridgehead atoms. The Balaban J connectivity index is 1.84. The van der Waals surface area contributed by atoms with Crippen LogP contribution < -0.4 is 10.1 Å². The molecule has 0 unspecified atom stereocenters. The van der Waals surface area contributed by atoms with Crippen molar-refractivity contribution in [3.8, 4) is 6.01 Å². The van der Waals surface area contributed by atoms with Crippen LogP contribution in [0.1, 0.15) is 6.92 Å². The largest absolute Gasteiger partial charge is 0.463 e. The molecule has 106 valence electrons. The molecule has 0 fully saturated rings. The van der Waals surface area contributed by atoms with Gasteiger partial charge in [-0.2, -0.15) is 4.98 Å². The van der Waals surface area contributed by atoms with Crippen molar-refractivity contribution in [2.75, 3.05) is 17.7 Å². The normalized spacial score (nSPS) is 10.3. The molecule has 2 N–H and O–H groups in total. The summed E-state index contributed by atoms with van der Waals surface area (Å²) in [6.07, 6.45) is 0. The van der Waals surface area contributed by atoms with Gasteiger partial charge in [-0.1, -0.05) is 23.7 Å². The zero-order valence-corrected chi connectivity index (χ0v) is 12.3. The van der Waals surface area contributed by atoms with E-state index in [2.05, 4.69) is 20.5 Å². The van der Waals surface area contributed by atoms with Crippen molar-refractivity contribution in [3.63, 3.8) is 0 Å². The van der Waals surface area contributed by atoms with Crippen LogP contribution in [0.15, 0.2) is 29.2 Å². The van der Waals surface area contributed by atoms with Crippen LogP contribution in [0.4, 0.5) is 5.95 Å². The zero-order chi connectivity index (χ0) is 14.4.